The molecule has 0 saturated carbocycles. The number of aryl methyl sites for hydroxylation is 1. The minimum Gasteiger partial charge on any atom is -0.469 e. The Balaban J connectivity index is 1.50. The lowest BCUT2D eigenvalue weighted by Crippen LogP contribution is -3.14. The van der Waals surface area contributed by atoms with E-state index < -0.39 is 0 Å². The molecule has 0 spiro atoms. The van der Waals surface area contributed by atoms with Gasteiger partial charge in [-0.1, -0.05) is 35.0 Å². The van der Waals surface area contributed by atoms with Gasteiger partial charge in [0.15, 0.2) is 6.54 Å². The summed E-state index contributed by atoms with van der Waals surface area (Å²) in [6, 6.07) is 9.66. The number of benzene rings is 1. The highest BCUT2D eigenvalue weighted by atomic mass is 16.5. The number of nitrogens with one attached hydrogen (secondary N) is 2. The van der Waals surface area contributed by atoms with Crippen molar-refractivity contribution in [3.63, 3.8) is 0 Å². The van der Waals surface area contributed by atoms with Gasteiger partial charge in [-0.05, 0) is 6.92 Å². The van der Waals surface area contributed by atoms with Gasteiger partial charge < -0.3 is 14.2 Å². The Kier molecular flexibility index (Phi) is 5.68. The summed E-state index contributed by atoms with van der Waals surface area (Å²) < 4.78 is 10.0. The molecule has 1 saturated heterocycles. The Morgan fingerprint density at radius 1 is 1.27 bits per heavy atom. The summed E-state index contributed by atoms with van der Waals surface area (Å²) in [5, 5.41) is 6.76. The molecule has 0 aliphatic carbocycles. The number of carbonyl (C=O) groups is 2. The molecule has 1 aromatic carbocycles. The van der Waals surface area contributed by atoms with E-state index in [-0.39, 0.29) is 17.8 Å². The number of nitrogens with zero attached hydrogens (tertiary/aromatic N) is 1. The molecule has 1 aliphatic heterocycles. The minimum absolute atomic E-state index is 0.0434. The number of aromatic nitrogens is 1. The summed E-state index contributed by atoms with van der Waals surface area (Å²) >= 11 is 0. The number of anilines is 1. The molecular formula is C19H24N3O4+. The van der Waals surface area contributed by atoms with Gasteiger partial charge in [0.1, 0.15) is 5.69 Å². The second-order valence-electron chi connectivity index (χ2n) is 6.71. The Labute approximate surface area is 152 Å². The van der Waals surface area contributed by atoms with Gasteiger partial charge in [0, 0.05) is 24.5 Å². The molecule has 2 aromatic rings. The first-order valence-electron chi connectivity index (χ1n) is 8.80. The molecule has 1 aromatic heterocycles. The van der Waals surface area contributed by atoms with Crippen LogP contribution in [0.15, 0.2) is 34.9 Å². The summed E-state index contributed by atoms with van der Waals surface area (Å²) in [6.07, 6.45) is 1.49. The topological polar surface area (TPSA) is 85.9 Å². The molecule has 0 unspecified atom stereocenters. The predicted octanol–water partition coefficient (Wildman–Crippen LogP) is 1.06. The van der Waals surface area contributed by atoms with Gasteiger partial charge in [-0.2, -0.15) is 0 Å². The monoisotopic (exact) mass is 358 g/mol. The Bertz CT molecular complexity index is 761. The van der Waals surface area contributed by atoms with Gasteiger partial charge in [0.2, 0.25) is 5.88 Å². The molecule has 0 radical (unpaired) electrons. The van der Waals surface area contributed by atoms with Crippen LogP contribution in [0, 0.1) is 12.8 Å². The number of ether oxygens (including phenoxy) is 1. The first-order valence-corrected chi connectivity index (χ1v) is 8.80. The smallest absolute Gasteiger partial charge is 0.309 e. The van der Waals surface area contributed by atoms with Gasteiger partial charge in [-0.3, -0.25) is 14.9 Å². The Morgan fingerprint density at radius 2 is 1.96 bits per heavy atom. The normalized spacial score (nSPS) is 19.8. The van der Waals surface area contributed by atoms with E-state index in [1.807, 2.05) is 31.2 Å². The summed E-state index contributed by atoms with van der Waals surface area (Å²) in [5.74, 6) is 0.0227. The van der Waals surface area contributed by atoms with Crippen LogP contribution in [0.3, 0.4) is 0 Å². The lowest BCUT2D eigenvalue weighted by atomic mass is 9.97. The maximum atomic E-state index is 12.2. The zero-order valence-corrected chi connectivity index (χ0v) is 15.1. The first-order chi connectivity index (χ1) is 12.5. The number of rotatable bonds is 5. The third-order valence-corrected chi connectivity index (χ3v) is 4.76. The molecule has 26 heavy (non-hydrogen) atoms. The van der Waals surface area contributed by atoms with E-state index in [4.69, 9.17) is 9.26 Å². The summed E-state index contributed by atoms with van der Waals surface area (Å²) in [7, 11) is 1.41. The molecule has 1 aliphatic rings. The Morgan fingerprint density at radius 3 is 2.62 bits per heavy atom. The molecule has 2 heterocycles. The molecule has 1 amide bonds. The van der Waals surface area contributed by atoms with Crippen LogP contribution < -0.4 is 10.2 Å². The summed E-state index contributed by atoms with van der Waals surface area (Å²) in [6.45, 7) is 3.92. The van der Waals surface area contributed by atoms with Crippen LogP contribution in [-0.2, 0) is 14.3 Å². The van der Waals surface area contributed by atoms with E-state index in [1.165, 1.54) is 12.7 Å². The van der Waals surface area contributed by atoms with E-state index in [2.05, 4.69) is 10.5 Å². The van der Waals surface area contributed by atoms with Gasteiger partial charge in [0.05, 0.1) is 26.1 Å². The predicted molar refractivity (Wildman–Crippen MR) is 95.6 cm³/mol. The van der Waals surface area contributed by atoms with Crippen LogP contribution in [0.1, 0.15) is 18.4 Å². The van der Waals surface area contributed by atoms with Crippen molar-refractivity contribution < 1.29 is 23.7 Å². The number of piperidine rings is 1. The van der Waals surface area contributed by atoms with Crippen LogP contribution in [0.5, 0.6) is 0 Å². The fraction of sp³-hybridized carbons (Fsp3) is 0.421. The number of quaternary nitrogens is 1. The van der Waals surface area contributed by atoms with Crippen molar-refractivity contribution in [2.75, 3.05) is 32.1 Å². The molecule has 2 N–H and O–H groups in total. The number of amides is 1. The molecule has 0 atom stereocenters. The Hall–Kier alpha value is -2.67. The van der Waals surface area contributed by atoms with Crippen molar-refractivity contribution in [2.24, 2.45) is 5.92 Å². The number of esters is 1. The van der Waals surface area contributed by atoms with Crippen LogP contribution in [-0.4, -0.2) is 43.8 Å². The van der Waals surface area contributed by atoms with E-state index >= 15 is 0 Å². The molecule has 7 nitrogen and oxygen atoms in total. The number of carbonyl (C=O) groups excluding carboxylic acids is 2. The van der Waals surface area contributed by atoms with Gasteiger partial charge in [-0.15, -0.1) is 0 Å². The van der Waals surface area contributed by atoms with Crippen molar-refractivity contribution in [1.29, 1.82) is 0 Å². The first kappa shape index (κ1) is 18.1. The highest BCUT2D eigenvalue weighted by Gasteiger charge is 2.29. The van der Waals surface area contributed by atoms with Crippen molar-refractivity contribution in [3.05, 3.63) is 35.9 Å². The zero-order chi connectivity index (χ0) is 18.5. The second-order valence-corrected chi connectivity index (χ2v) is 6.71. The summed E-state index contributed by atoms with van der Waals surface area (Å²) in [5.41, 5.74) is 2.80. The largest absolute Gasteiger partial charge is 0.469 e. The maximum Gasteiger partial charge on any atom is 0.309 e. The van der Waals surface area contributed by atoms with E-state index in [0.29, 0.717) is 18.1 Å². The fourth-order valence-electron chi connectivity index (χ4n) is 3.21. The lowest BCUT2D eigenvalue weighted by Gasteiger charge is -2.27. The number of methoxy groups -OCH3 is 1. The van der Waals surface area contributed by atoms with Crippen molar-refractivity contribution in [1.82, 2.24) is 5.16 Å². The molecule has 0 bridgehead atoms. The SMILES string of the molecule is COC(=O)C1CC[NH+](CC(=O)Nc2cc(-c3ccc(C)cc3)no2)CC1. The van der Waals surface area contributed by atoms with Crippen molar-refractivity contribution in [3.8, 4) is 11.3 Å². The number of hydrogen-bond acceptors (Lipinski definition) is 5. The third-order valence-electron chi connectivity index (χ3n) is 4.76. The van der Waals surface area contributed by atoms with Gasteiger partial charge in [-0.25, -0.2) is 0 Å². The van der Waals surface area contributed by atoms with Crippen LogP contribution in [0.25, 0.3) is 11.3 Å². The maximum absolute atomic E-state index is 12.2. The summed E-state index contributed by atoms with van der Waals surface area (Å²) in [4.78, 5) is 24.9. The molecule has 7 heteroatoms. The molecule has 3 rings (SSSR count). The van der Waals surface area contributed by atoms with Crippen molar-refractivity contribution in [2.45, 2.75) is 19.8 Å². The van der Waals surface area contributed by atoms with Crippen molar-refractivity contribution >= 4 is 17.8 Å². The number of likely N-dealkylation sites (tertiary alicyclic amines) is 1. The van der Waals surface area contributed by atoms with Crippen LogP contribution >= 0.6 is 0 Å². The quantitative estimate of drug-likeness (QED) is 0.781. The van der Waals surface area contributed by atoms with E-state index in [9.17, 15) is 9.59 Å². The second kappa shape index (κ2) is 8.14. The van der Waals surface area contributed by atoms with E-state index in [1.54, 1.807) is 6.07 Å². The lowest BCUT2D eigenvalue weighted by molar-refractivity contribution is -0.897. The van der Waals surface area contributed by atoms with Crippen LogP contribution in [0.4, 0.5) is 5.88 Å². The molecule has 1 fully saturated rings. The van der Waals surface area contributed by atoms with Crippen LogP contribution in [0.2, 0.25) is 0 Å². The number of hydrogen-bond donors (Lipinski definition) is 2. The highest BCUT2D eigenvalue weighted by molar-refractivity contribution is 5.90. The fourth-order valence-corrected chi connectivity index (χ4v) is 3.21. The molecular weight excluding hydrogens is 334 g/mol. The van der Waals surface area contributed by atoms with Gasteiger partial charge >= 0.3 is 5.97 Å². The minimum atomic E-state index is -0.154. The average Bonchev–Trinajstić information content (AvgIpc) is 3.10. The average molecular weight is 358 g/mol. The standard InChI is InChI=1S/C19H23N3O4/c1-13-3-5-14(6-4-13)16-11-18(26-21-16)20-17(23)12-22-9-7-15(8-10-22)19(24)25-2/h3-6,11,15H,7-10,12H2,1-2H3,(H,20,23)/p+1. The highest BCUT2D eigenvalue weighted by Crippen LogP contribution is 2.21. The zero-order valence-electron chi connectivity index (χ0n) is 15.1. The molecule has 138 valence electrons. The third kappa shape index (κ3) is 4.49. The van der Waals surface area contributed by atoms with E-state index in [0.717, 1.165) is 36.4 Å². The van der Waals surface area contributed by atoms with Gasteiger partial charge in [0.25, 0.3) is 5.91 Å².